The quantitative estimate of drug-likeness (QED) is 0.669. The van der Waals surface area contributed by atoms with E-state index in [9.17, 15) is 4.57 Å². The van der Waals surface area contributed by atoms with Gasteiger partial charge in [-0.3, -0.25) is 0 Å². The summed E-state index contributed by atoms with van der Waals surface area (Å²) < 4.78 is 12.5. The number of para-hydroxylation sites is 1. The molecular formula is C18H25ClN5OP. The Bertz CT molecular complexity index is 817. The van der Waals surface area contributed by atoms with Crippen LogP contribution < -0.4 is 21.7 Å². The molecule has 140 valence electrons. The topological polar surface area (TPSA) is 92.9 Å². The number of aromatic nitrogens is 2. The zero-order chi connectivity index (χ0) is 18.7. The van der Waals surface area contributed by atoms with E-state index in [2.05, 4.69) is 20.6 Å². The highest BCUT2D eigenvalue weighted by Crippen LogP contribution is 2.38. The highest BCUT2D eigenvalue weighted by Gasteiger charge is 2.20. The SMILES string of the molecule is CP(C)(=O)c1ccccc1Nc1nc(N[C@H]2CC[C@H](N)CC2)ncc1Cl. The summed E-state index contributed by atoms with van der Waals surface area (Å²) in [5.74, 6) is 1.03. The van der Waals surface area contributed by atoms with Crippen molar-refractivity contribution < 1.29 is 4.57 Å². The van der Waals surface area contributed by atoms with Gasteiger partial charge in [0.2, 0.25) is 5.95 Å². The van der Waals surface area contributed by atoms with Gasteiger partial charge in [0.15, 0.2) is 5.82 Å². The van der Waals surface area contributed by atoms with Crippen molar-refractivity contribution in [1.29, 1.82) is 0 Å². The molecule has 0 radical (unpaired) electrons. The van der Waals surface area contributed by atoms with Gasteiger partial charge in [0.05, 0.1) is 11.9 Å². The Balaban J connectivity index is 1.80. The monoisotopic (exact) mass is 393 g/mol. The van der Waals surface area contributed by atoms with Crippen LogP contribution in [-0.4, -0.2) is 35.4 Å². The minimum atomic E-state index is -2.43. The van der Waals surface area contributed by atoms with Crippen LogP contribution in [0.5, 0.6) is 0 Å². The maximum Gasteiger partial charge on any atom is 0.224 e. The van der Waals surface area contributed by atoms with Crippen LogP contribution in [-0.2, 0) is 4.57 Å². The maximum absolute atomic E-state index is 12.5. The first-order valence-electron chi connectivity index (χ1n) is 8.79. The molecule has 0 saturated heterocycles. The second-order valence-corrected chi connectivity index (χ2v) is 10.7. The summed E-state index contributed by atoms with van der Waals surface area (Å²) in [5, 5.41) is 7.77. The molecule has 1 heterocycles. The summed E-state index contributed by atoms with van der Waals surface area (Å²) in [6.45, 7) is 3.49. The van der Waals surface area contributed by atoms with E-state index in [1.807, 2.05) is 24.3 Å². The maximum atomic E-state index is 12.5. The Labute approximate surface area is 159 Å². The predicted molar refractivity (Wildman–Crippen MR) is 110 cm³/mol. The van der Waals surface area contributed by atoms with E-state index in [-0.39, 0.29) is 0 Å². The Morgan fingerprint density at radius 1 is 1.19 bits per heavy atom. The standard InChI is InChI=1S/C18H25ClN5OP/c1-26(2,25)16-6-4-3-5-15(16)23-17-14(19)11-21-18(24-17)22-13-9-7-12(20)8-10-13/h3-6,11-13H,7-10,20H2,1-2H3,(H2,21,22,23,24)/t12-,13-. The summed E-state index contributed by atoms with van der Waals surface area (Å²) in [4.78, 5) is 8.80. The van der Waals surface area contributed by atoms with Gasteiger partial charge in [0.1, 0.15) is 12.2 Å². The molecule has 0 atom stereocenters. The third kappa shape index (κ3) is 4.76. The third-order valence-corrected chi connectivity index (χ3v) is 6.41. The van der Waals surface area contributed by atoms with E-state index in [0.29, 0.717) is 28.9 Å². The molecule has 1 aromatic carbocycles. The van der Waals surface area contributed by atoms with Gasteiger partial charge < -0.3 is 20.9 Å². The molecule has 0 aliphatic heterocycles. The number of anilines is 3. The van der Waals surface area contributed by atoms with Crippen LogP contribution in [0.1, 0.15) is 25.7 Å². The highest BCUT2D eigenvalue weighted by molar-refractivity contribution is 7.70. The van der Waals surface area contributed by atoms with Crippen molar-refractivity contribution in [3.05, 3.63) is 35.5 Å². The van der Waals surface area contributed by atoms with Crippen molar-refractivity contribution in [2.45, 2.75) is 37.8 Å². The largest absolute Gasteiger partial charge is 0.351 e. The normalized spacial score (nSPS) is 20.6. The molecule has 0 amide bonds. The van der Waals surface area contributed by atoms with Crippen LogP contribution in [0.2, 0.25) is 5.02 Å². The minimum absolute atomic E-state index is 0.298. The molecule has 26 heavy (non-hydrogen) atoms. The molecule has 1 saturated carbocycles. The van der Waals surface area contributed by atoms with Gasteiger partial charge in [-0.1, -0.05) is 23.7 Å². The Kier molecular flexibility index (Phi) is 5.86. The van der Waals surface area contributed by atoms with Crippen molar-refractivity contribution in [1.82, 2.24) is 9.97 Å². The fourth-order valence-electron chi connectivity index (χ4n) is 3.15. The van der Waals surface area contributed by atoms with Crippen molar-refractivity contribution >= 4 is 41.5 Å². The molecule has 6 nitrogen and oxygen atoms in total. The number of hydrogen-bond acceptors (Lipinski definition) is 6. The summed E-state index contributed by atoms with van der Waals surface area (Å²) in [6, 6.07) is 8.13. The zero-order valence-electron chi connectivity index (χ0n) is 15.1. The van der Waals surface area contributed by atoms with E-state index in [4.69, 9.17) is 17.3 Å². The lowest BCUT2D eigenvalue weighted by molar-refractivity contribution is 0.410. The molecule has 3 rings (SSSR count). The van der Waals surface area contributed by atoms with Gasteiger partial charge in [-0.25, -0.2) is 4.98 Å². The summed E-state index contributed by atoms with van der Waals surface area (Å²) in [7, 11) is -2.43. The van der Waals surface area contributed by atoms with E-state index in [1.54, 1.807) is 19.5 Å². The van der Waals surface area contributed by atoms with Crippen molar-refractivity contribution in [3.63, 3.8) is 0 Å². The lowest BCUT2D eigenvalue weighted by Crippen LogP contribution is -2.33. The Morgan fingerprint density at radius 3 is 2.58 bits per heavy atom. The first kappa shape index (κ1) is 19.2. The number of nitrogens with two attached hydrogens (primary N) is 1. The molecule has 1 aliphatic rings. The number of hydrogen-bond donors (Lipinski definition) is 3. The van der Waals surface area contributed by atoms with Crippen LogP contribution in [0.3, 0.4) is 0 Å². The lowest BCUT2D eigenvalue weighted by Gasteiger charge is -2.26. The molecule has 8 heteroatoms. The number of halogens is 1. The number of nitrogens with zero attached hydrogens (tertiary/aromatic N) is 2. The van der Waals surface area contributed by atoms with Crippen LogP contribution in [0.4, 0.5) is 17.5 Å². The fourth-order valence-corrected chi connectivity index (χ4v) is 4.44. The molecule has 2 aromatic rings. The van der Waals surface area contributed by atoms with Crippen molar-refractivity contribution in [2.75, 3.05) is 24.0 Å². The second-order valence-electron chi connectivity index (χ2n) is 7.14. The summed E-state index contributed by atoms with van der Waals surface area (Å²) >= 11 is 6.27. The third-order valence-electron chi connectivity index (χ3n) is 4.59. The average Bonchev–Trinajstić information content (AvgIpc) is 2.59. The minimum Gasteiger partial charge on any atom is -0.351 e. The average molecular weight is 394 g/mol. The molecule has 4 N–H and O–H groups in total. The van der Waals surface area contributed by atoms with Gasteiger partial charge in [-0.15, -0.1) is 0 Å². The number of benzene rings is 1. The fraction of sp³-hybridized carbons (Fsp3) is 0.444. The lowest BCUT2D eigenvalue weighted by atomic mass is 9.92. The first-order chi connectivity index (χ1) is 12.3. The zero-order valence-corrected chi connectivity index (χ0v) is 16.7. The van der Waals surface area contributed by atoms with Gasteiger partial charge in [0, 0.05) is 17.4 Å². The Hall–Kier alpha value is -1.62. The smallest absolute Gasteiger partial charge is 0.224 e. The molecule has 1 aliphatic carbocycles. The number of rotatable bonds is 5. The number of nitrogens with one attached hydrogen (secondary N) is 2. The van der Waals surface area contributed by atoms with E-state index in [0.717, 1.165) is 36.7 Å². The second kappa shape index (κ2) is 7.95. The first-order valence-corrected chi connectivity index (χ1v) is 11.8. The van der Waals surface area contributed by atoms with Crippen molar-refractivity contribution in [2.24, 2.45) is 5.73 Å². The highest BCUT2D eigenvalue weighted by atomic mass is 35.5. The van der Waals surface area contributed by atoms with Crippen LogP contribution in [0.15, 0.2) is 30.5 Å². The molecular weight excluding hydrogens is 369 g/mol. The van der Waals surface area contributed by atoms with Gasteiger partial charge in [-0.2, -0.15) is 4.98 Å². The van der Waals surface area contributed by atoms with Crippen LogP contribution in [0, 0.1) is 0 Å². The molecule has 1 aromatic heterocycles. The van der Waals surface area contributed by atoms with E-state index in [1.165, 1.54) is 0 Å². The molecule has 0 spiro atoms. The molecule has 0 bridgehead atoms. The van der Waals surface area contributed by atoms with E-state index >= 15 is 0 Å². The van der Waals surface area contributed by atoms with Gasteiger partial charge in [-0.05, 0) is 51.1 Å². The summed E-state index contributed by atoms with van der Waals surface area (Å²) in [6.07, 6.45) is 5.60. The Morgan fingerprint density at radius 2 is 1.88 bits per heavy atom. The van der Waals surface area contributed by atoms with Crippen LogP contribution >= 0.6 is 18.7 Å². The summed E-state index contributed by atoms with van der Waals surface area (Å²) in [5.41, 5.74) is 6.71. The molecule has 0 unspecified atom stereocenters. The predicted octanol–water partition coefficient (Wildman–Crippen LogP) is 3.80. The van der Waals surface area contributed by atoms with Crippen molar-refractivity contribution in [3.8, 4) is 0 Å². The van der Waals surface area contributed by atoms with E-state index < -0.39 is 7.14 Å². The van der Waals surface area contributed by atoms with Gasteiger partial charge >= 0.3 is 0 Å². The molecule has 1 fully saturated rings. The van der Waals surface area contributed by atoms with Crippen LogP contribution in [0.25, 0.3) is 0 Å². The van der Waals surface area contributed by atoms with Gasteiger partial charge in [0.25, 0.3) is 0 Å².